The van der Waals surface area contributed by atoms with Crippen molar-refractivity contribution in [1.29, 1.82) is 0 Å². The van der Waals surface area contributed by atoms with E-state index in [1.54, 1.807) is 0 Å². The average Bonchev–Trinajstić information content (AvgIpc) is 2.47. The van der Waals surface area contributed by atoms with Crippen molar-refractivity contribution < 1.29 is 4.79 Å². The number of carbonyl (C=O) groups is 1. The molecule has 1 aliphatic rings. The standard InChI is InChI=1S/C7H12O/c1-6(5-8)7(2)3-4-7/h5-6H,3-4H2,1-2H3. The van der Waals surface area contributed by atoms with Crippen LogP contribution in [0.3, 0.4) is 0 Å². The van der Waals surface area contributed by atoms with Crippen LogP contribution in [0.15, 0.2) is 0 Å². The van der Waals surface area contributed by atoms with Gasteiger partial charge >= 0.3 is 0 Å². The molecule has 8 heavy (non-hydrogen) atoms. The molecular formula is C7H12O. The fourth-order valence-corrected chi connectivity index (χ4v) is 0.817. The van der Waals surface area contributed by atoms with Gasteiger partial charge in [0.15, 0.2) is 0 Å². The maximum atomic E-state index is 10.2. The largest absolute Gasteiger partial charge is 0.303 e. The van der Waals surface area contributed by atoms with E-state index in [4.69, 9.17) is 0 Å². The Morgan fingerprint density at radius 1 is 1.62 bits per heavy atom. The molecule has 1 rings (SSSR count). The minimum absolute atomic E-state index is 0.280. The highest BCUT2D eigenvalue weighted by Crippen LogP contribution is 2.50. The predicted molar refractivity (Wildman–Crippen MR) is 32.6 cm³/mol. The van der Waals surface area contributed by atoms with Crippen molar-refractivity contribution in [1.82, 2.24) is 0 Å². The molecule has 1 aliphatic carbocycles. The van der Waals surface area contributed by atoms with E-state index in [2.05, 4.69) is 6.92 Å². The Hall–Kier alpha value is -0.330. The van der Waals surface area contributed by atoms with Gasteiger partial charge in [0.1, 0.15) is 6.29 Å². The van der Waals surface area contributed by atoms with E-state index >= 15 is 0 Å². The lowest BCUT2D eigenvalue weighted by molar-refractivity contribution is -0.112. The zero-order chi connectivity index (χ0) is 6.20. The molecule has 1 fully saturated rings. The van der Waals surface area contributed by atoms with Crippen LogP contribution in [-0.2, 0) is 4.79 Å². The van der Waals surface area contributed by atoms with Crippen molar-refractivity contribution in [2.75, 3.05) is 0 Å². The van der Waals surface area contributed by atoms with Crippen LogP contribution in [0.25, 0.3) is 0 Å². The van der Waals surface area contributed by atoms with Gasteiger partial charge in [0.25, 0.3) is 0 Å². The molecule has 0 aliphatic heterocycles. The molecule has 0 saturated heterocycles. The van der Waals surface area contributed by atoms with Crippen molar-refractivity contribution in [3.8, 4) is 0 Å². The molecule has 0 aromatic rings. The highest BCUT2D eigenvalue weighted by atomic mass is 16.1. The molecule has 1 atom stereocenters. The summed E-state index contributed by atoms with van der Waals surface area (Å²) in [6.07, 6.45) is 3.55. The van der Waals surface area contributed by atoms with Crippen molar-refractivity contribution >= 4 is 6.29 Å². The third-order valence-electron chi connectivity index (χ3n) is 2.34. The van der Waals surface area contributed by atoms with Gasteiger partial charge < -0.3 is 4.79 Å². The maximum Gasteiger partial charge on any atom is 0.123 e. The summed E-state index contributed by atoms with van der Waals surface area (Å²) >= 11 is 0. The number of hydrogen-bond acceptors (Lipinski definition) is 1. The molecule has 0 spiro atoms. The van der Waals surface area contributed by atoms with Gasteiger partial charge in [0.2, 0.25) is 0 Å². The Labute approximate surface area is 50.1 Å². The molecule has 0 heterocycles. The van der Waals surface area contributed by atoms with Gasteiger partial charge in [-0.25, -0.2) is 0 Å². The van der Waals surface area contributed by atoms with E-state index in [1.165, 1.54) is 12.8 Å². The van der Waals surface area contributed by atoms with Crippen LogP contribution in [0, 0.1) is 11.3 Å². The summed E-state index contributed by atoms with van der Waals surface area (Å²) in [7, 11) is 0. The number of carbonyl (C=O) groups excluding carboxylic acids is 1. The first kappa shape index (κ1) is 5.80. The van der Waals surface area contributed by atoms with Gasteiger partial charge in [-0.2, -0.15) is 0 Å². The van der Waals surface area contributed by atoms with E-state index < -0.39 is 0 Å². The van der Waals surface area contributed by atoms with E-state index in [1.807, 2.05) is 6.92 Å². The Balaban J connectivity index is 2.45. The lowest BCUT2D eigenvalue weighted by Gasteiger charge is -2.09. The average molecular weight is 112 g/mol. The summed E-state index contributed by atoms with van der Waals surface area (Å²) < 4.78 is 0. The van der Waals surface area contributed by atoms with E-state index in [0.29, 0.717) is 5.41 Å². The Morgan fingerprint density at radius 2 is 2.12 bits per heavy atom. The maximum absolute atomic E-state index is 10.2. The highest BCUT2D eigenvalue weighted by Gasteiger charge is 2.42. The molecule has 1 heteroatoms. The Morgan fingerprint density at radius 3 is 2.25 bits per heavy atom. The van der Waals surface area contributed by atoms with E-state index in [0.717, 1.165) is 6.29 Å². The molecule has 0 amide bonds. The van der Waals surface area contributed by atoms with Gasteiger partial charge in [0, 0.05) is 5.92 Å². The molecule has 46 valence electrons. The number of aldehydes is 1. The summed E-state index contributed by atoms with van der Waals surface area (Å²) in [5.74, 6) is 0.280. The third kappa shape index (κ3) is 0.770. The highest BCUT2D eigenvalue weighted by molar-refractivity contribution is 5.55. The zero-order valence-corrected chi connectivity index (χ0v) is 5.48. The van der Waals surface area contributed by atoms with E-state index in [9.17, 15) is 4.79 Å². The second-order valence-corrected chi connectivity index (χ2v) is 3.08. The molecular weight excluding hydrogens is 100 g/mol. The van der Waals surface area contributed by atoms with Crippen LogP contribution >= 0.6 is 0 Å². The molecule has 1 unspecified atom stereocenters. The topological polar surface area (TPSA) is 17.1 Å². The van der Waals surface area contributed by atoms with Crippen LogP contribution in [0.1, 0.15) is 26.7 Å². The molecule has 1 saturated carbocycles. The Kier molecular flexibility index (Phi) is 1.14. The van der Waals surface area contributed by atoms with Crippen molar-refractivity contribution in [2.45, 2.75) is 26.7 Å². The molecule has 0 N–H and O–H groups in total. The molecule has 0 bridgehead atoms. The van der Waals surface area contributed by atoms with Crippen LogP contribution in [0.4, 0.5) is 0 Å². The first-order chi connectivity index (χ1) is 3.69. The quantitative estimate of drug-likeness (QED) is 0.496. The second-order valence-electron chi connectivity index (χ2n) is 3.08. The zero-order valence-electron chi connectivity index (χ0n) is 5.48. The third-order valence-corrected chi connectivity index (χ3v) is 2.34. The van der Waals surface area contributed by atoms with Crippen LogP contribution in [-0.4, -0.2) is 6.29 Å². The summed E-state index contributed by atoms with van der Waals surface area (Å²) in [6.45, 7) is 4.17. The fraction of sp³-hybridized carbons (Fsp3) is 0.857. The van der Waals surface area contributed by atoms with Gasteiger partial charge in [-0.15, -0.1) is 0 Å². The summed E-state index contributed by atoms with van der Waals surface area (Å²) in [5.41, 5.74) is 0.391. The fourth-order valence-electron chi connectivity index (χ4n) is 0.817. The lowest BCUT2D eigenvalue weighted by atomic mass is 9.95. The van der Waals surface area contributed by atoms with Crippen LogP contribution in [0.5, 0.6) is 0 Å². The second kappa shape index (κ2) is 1.57. The van der Waals surface area contributed by atoms with Crippen LogP contribution in [0.2, 0.25) is 0 Å². The normalized spacial score (nSPS) is 26.8. The molecule has 0 aromatic carbocycles. The molecule has 1 nitrogen and oxygen atoms in total. The van der Waals surface area contributed by atoms with Crippen molar-refractivity contribution in [3.05, 3.63) is 0 Å². The summed E-state index contributed by atoms with van der Waals surface area (Å²) in [5, 5.41) is 0. The molecule has 0 aromatic heterocycles. The lowest BCUT2D eigenvalue weighted by Crippen LogP contribution is -2.08. The summed E-state index contributed by atoms with van der Waals surface area (Å²) in [4.78, 5) is 10.2. The minimum atomic E-state index is 0.280. The van der Waals surface area contributed by atoms with Gasteiger partial charge in [0.05, 0.1) is 0 Å². The minimum Gasteiger partial charge on any atom is -0.303 e. The van der Waals surface area contributed by atoms with Crippen molar-refractivity contribution in [2.24, 2.45) is 11.3 Å². The van der Waals surface area contributed by atoms with E-state index in [-0.39, 0.29) is 5.92 Å². The van der Waals surface area contributed by atoms with Crippen molar-refractivity contribution in [3.63, 3.8) is 0 Å². The summed E-state index contributed by atoms with van der Waals surface area (Å²) in [6, 6.07) is 0. The van der Waals surface area contributed by atoms with Crippen LogP contribution < -0.4 is 0 Å². The Bertz CT molecular complexity index is 103. The SMILES string of the molecule is CC(C=O)C1(C)CC1. The predicted octanol–water partition coefficient (Wildman–Crippen LogP) is 1.62. The van der Waals surface area contributed by atoms with Gasteiger partial charge in [-0.1, -0.05) is 13.8 Å². The van der Waals surface area contributed by atoms with Gasteiger partial charge in [-0.3, -0.25) is 0 Å². The molecule has 0 radical (unpaired) electrons. The first-order valence-electron chi connectivity index (χ1n) is 3.14. The smallest absolute Gasteiger partial charge is 0.123 e. The monoisotopic (exact) mass is 112 g/mol. The number of hydrogen-bond donors (Lipinski definition) is 0. The first-order valence-corrected chi connectivity index (χ1v) is 3.14. The number of rotatable bonds is 2. The van der Waals surface area contributed by atoms with Gasteiger partial charge in [-0.05, 0) is 18.3 Å².